The summed E-state index contributed by atoms with van der Waals surface area (Å²) in [6.07, 6.45) is -0.379. The fourth-order valence-electron chi connectivity index (χ4n) is 3.72. The molecule has 1 aliphatic rings. The first-order valence-corrected chi connectivity index (χ1v) is 9.33. The summed E-state index contributed by atoms with van der Waals surface area (Å²) in [5.41, 5.74) is 0.469. The summed E-state index contributed by atoms with van der Waals surface area (Å²) in [5, 5.41) is 0.434. The highest BCUT2D eigenvalue weighted by atomic mass is 16.6. The number of nitrogens with zero attached hydrogens (tertiary/aromatic N) is 3. The number of carbonyl (C=O) groups excluding carboxylic acids is 2. The van der Waals surface area contributed by atoms with E-state index >= 15 is 0 Å². The van der Waals surface area contributed by atoms with Crippen molar-refractivity contribution < 1.29 is 14.3 Å². The van der Waals surface area contributed by atoms with Crippen molar-refractivity contribution in [3.63, 3.8) is 0 Å². The first-order valence-electron chi connectivity index (χ1n) is 9.33. The summed E-state index contributed by atoms with van der Waals surface area (Å²) in [7, 11) is 1.68. The molecule has 2 heterocycles. The molecule has 150 valence electrons. The molecule has 1 aromatic heterocycles. The monoisotopic (exact) mass is 385 g/mol. The van der Waals surface area contributed by atoms with Gasteiger partial charge in [-0.3, -0.25) is 14.2 Å². The van der Waals surface area contributed by atoms with Crippen LogP contribution in [0.3, 0.4) is 0 Å². The summed E-state index contributed by atoms with van der Waals surface area (Å²) >= 11 is 0. The molecular weight excluding hydrogens is 358 g/mol. The second kappa shape index (κ2) is 6.43. The van der Waals surface area contributed by atoms with Gasteiger partial charge in [0.15, 0.2) is 5.78 Å². The van der Waals surface area contributed by atoms with Gasteiger partial charge in [-0.2, -0.15) is 0 Å². The van der Waals surface area contributed by atoms with E-state index in [1.165, 1.54) is 11.5 Å². The first kappa shape index (κ1) is 20.0. The molecule has 0 N–H and O–H groups in total. The molecule has 0 spiro atoms. The van der Waals surface area contributed by atoms with Gasteiger partial charge in [-0.15, -0.1) is 0 Å². The number of hydrogen-bond donors (Lipinski definition) is 0. The number of aryl methyl sites for hydroxylation is 1. The summed E-state index contributed by atoms with van der Waals surface area (Å²) in [5.74, 6) is 0.436. The molecule has 1 fully saturated rings. The zero-order valence-corrected chi connectivity index (χ0v) is 17.5. The van der Waals surface area contributed by atoms with Gasteiger partial charge in [0, 0.05) is 25.7 Å². The number of ketones is 1. The van der Waals surface area contributed by atoms with E-state index in [-0.39, 0.29) is 17.4 Å². The van der Waals surface area contributed by atoms with Crippen LogP contribution in [0, 0.1) is 6.92 Å². The van der Waals surface area contributed by atoms with Crippen LogP contribution in [-0.4, -0.2) is 45.0 Å². The third-order valence-electron chi connectivity index (χ3n) is 4.98. The molecule has 0 atom stereocenters. The number of aromatic nitrogens is 2. The van der Waals surface area contributed by atoms with Crippen LogP contribution in [0.1, 0.15) is 56.4 Å². The molecule has 7 heteroatoms. The van der Waals surface area contributed by atoms with Crippen LogP contribution < -0.4 is 5.56 Å². The molecule has 0 radical (unpaired) electrons. The van der Waals surface area contributed by atoms with Gasteiger partial charge in [-0.25, -0.2) is 9.78 Å². The van der Waals surface area contributed by atoms with Crippen molar-refractivity contribution in [2.45, 2.75) is 52.6 Å². The molecular formula is C21H27N3O4. The maximum atomic E-state index is 13.0. The predicted octanol–water partition coefficient (Wildman–Crippen LogP) is 2.95. The third kappa shape index (κ3) is 3.41. The average Bonchev–Trinajstić information content (AvgIpc) is 2.53. The fraction of sp³-hybridized carbons (Fsp3) is 0.524. The van der Waals surface area contributed by atoms with Crippen LogP contribution in [-0.2, 0) is 17.2 Å². The van der Waals surface area contributed by atoms with Crippen molar-refractivity contribution in [3.8, 4) is 0 Å². The minimum atomic E-state index is -0.564. The standard InChI is InChI=1S/C21H27N3O4/c1-12-8-14(13(2)25)16-15(9-12)17(26)23(7)18(22-16)21(6)10-24(11-21)19(27)28-20(3,4)5/h8-9H,10-11H2,1-7H3. The normalized spacial score (nSPS) is 16.0. The van der Waals surface area contributed by atoms with Crippen LogP contribution in [0.15, 0.2) is 16.9 Å². The number of benzene rings is 1. The Morgan fingerprint density at radius 3 is 2.36 bits per heavy atom. The Morgan fingerprint density at radius 1 is 1.21 bits per heavy atom. The number of hydrogen-bond acceptors (Lipinski definition) is 5. The molecule has 28 heavy (non-hydrogen) atoms. The Bertz CT molecular complexity index is 1040. The third-order valence-corrected chi connectivity index (χ3v) is 4.98. The smallest absolute Gasteiger partial charge is 0.410 e. The number of likely N-dealkylation sites (tertiary alicyclic amines) is 1. The van der Waals surface area contributed by atoms with Gasteiger partial charge in [0.1, 0.15) is 11.4 Å². The van der Waals surface area contributed by atoms with Crippen molar-refractivity contribution in [1.82, 2.24) is 14.5 Å². The van der Waals surface area contributed by atoms with Gasteiger partial charge in [0.2, 0.25) is 0 Å². The number of carbonyl (C=O) groups is 2. The van der Waals surface area contributed by atoms with Crippen molar-refractivity contribution in [1.29, 1.82) is 0 Å². The molecule has 0 aliphatic carbocycles. The van der Waals surface area contributed by atoms with Gasteiger partial charge in [0.25, 0.3) is 5.56 Å². The summed E-state index contributed by atoms with van der Waals surface area (Å²) in [6.45, 7) is 11.6. The summed E-state index contributed by atoms with van der Waals surface area (Å²) in [6, 6.07) is 3.52. The Kier molecular flexibility index (Phi) is 4.60. The first-order chi connectivity index (χ1) is 12.8. The number of ether oxygens (including phenoxy) is 1. The molecule has 0 bridgehead atoms. The SMILES string of the molecule is CC(=O)c1cc(C)cc2c(=O)n(C)c(C3(C)CN(C(=O)OC(C)(C)C)C3)nc12. The molecule has 1 amide bonds. The molecule has 0 saturated carbocycles. The van der Waals surface area contributed by atoms with Crippen LogP contribution in [0.5, 0.6) is 0 Å². The Labute approximate surface area is 164 Å². The lowest BCUT2D eigenvalue weighted by Gasteiger charge is -2.47. The van der Waals surface area contributed by atoms with Crippen molar-refractivity contribution in [2.75, 3.05) is 13.1 Å². The molecule has 0 unspecified atom stereocenters. The predicted molar refractivity (Wildman–Crippen MR) is 107 cm³/mol. The maximum absolute atomic E-state index is 13.0. The van der Waals surface area contributed by atoms with E-state index in [4.69, 9.17) is 9.72 Å². The highest BCUT2D eigenvalue weighted by molar-refractivity contribution is 6.05. The zero-order valence-electron chi connectivity index (χ0n) is 17.5. The molecule has 1 saturated heterocycles. The molecule has 7 nitrogen and oxygen atoms in total. The zero-order chi connectivity index (χ0) is 21.0. The maximum Gasteiger partial charge on any atom is 0.410 e. The van der Waals surface area contributed by atoms with Crippen molar-refractivity contribution in [2.24, 2.45) is 7.05 Å². The Morgan fingerprint density at radius 2 is 1.82 bits per heavy atom. The van der Waals surface area contributed by atoms with E-state index in [0.717, 1.165) is 5.56 Å². The molecule has 1 aliphatic heterocycles. The lowest BCUT2D eigenvalue weighted by molar-refractivity contribution is -0.00865. The quantitative estimate of drug-likeness (QED) is 0.743. The van der Waals surface area contributed by atoms with E-state index < -0.39 is 11.0 Å². The van der Waals surface area contributed by atoms with E-state index in [1.807, 2.05) is 34.6 Å². The van der Waals surface area contributed by atoms with Gasteiger partial charge in [-0.05, 0) is 59.2 Å². The van der Waals surface area contributed by atoms with Crippen LogP contribution >= 0.6 is 0 Å². The summed E-state index contributed by atoms with van der Waals surface area (Å²) in [4.78, 5) is 43.7. The van der Waals surface area contributed by atoms with Crippen molar-refractivity contribution >= 4 is 22.8 Å². The number of Topliss-reactive ketones (excluding diaryl/α,β-unsaturated/α-hetero) is 1. The molecule has 3 rings (SSSR count). The second-order valence-electron chi connectivity index (χ2n) is 8.96. The molecule has 1 aromatic carbocycles. The minimum absolute atomic E-state index is 0.130. The second-order valence-corrected chi connectivity index (χ2v) is 8.96. The number of amides is 1. The minimum Gasteiger partial charge on any atom is -0.444 e. The largest absolute Gasteiger partial charge is 0.444 e. The van der Waals surface area contributed by atoms with Crippen molar-refractivity contribution in [3.05, 3.63) is 39.4 Å². The fourth-order valence-corrected chi connectivity index (χ4v) is 3.72. The van der Waals surface area contributed by atoms with Gasteiger partial charge < -0.3 is 9.64 Å². The lowest BCUT2D eigenvalue weighted by Crippen LogP contribution is -2.62. The van der Waals surface area contributed by atoms with Crippen LogP contribution in [0.2, 0.25) is 0 Å². The average molecular weight is 385 g/mol. The van der Waals surface area contributed by atoms with E-state index in [2.05, 4.69) is 0 Å². The van der Waals surface area contributed by atoms with Crippen LogP contribution in [0.4, 0.5) is 4.79 Å². The Balaban J connectivity index is 2.03. The Hall–Kier alpha value is -2.70. The molecule has 2 aromatic rings. The highest BCUT2D eigenvalue weighted by Gasteiger charge is 2.47. The topological polar surface area (TPSA) is 81.5 Å². The van der Waals surface area contributed by atoms with Gasteiger partial charge >= 0.3 is 6.09 Å². The van der Waals surface area contributed by atoms with E-state index in [0.29, 0.717) is 35.4 Å². The van der Waals surface area contributed by atoms with Crippen LogP contribution in [0.25, 0.3) is 10.9 Å². The number of fused-ring (bicyclic) bond motifs is 1. The van der Waals surface area contributed by atoms with Gasteiger partial charge in [-0.1, -0.05) is 0 Å². The summed E-state index contributed by atoms with van der Waals surface area (Å²) < 4.78 is 6.94. The number of rotatable bonds is 2. The van der Waals surface area contributed by atoms with E-state index in [9.17, 15) is 14.4 Å². The van der Waals surface area contributed by atoms with Gasteiger partial charge in [0.05, 0.1) is 16.3 Å². The highest BCUT2D eigenvalue weighted by Crippen LogP contribution is 2.34. The lowest BCUT2D eigenvalue weighted by atomic mass is 9.81. The van der Waals surface area contributed by atoms with E-state index in [1.54, 1.807) is 24.1 Å².